The van der Waals surface area contributed by atoms with Crippen LogP contribution in [0.4, 0.5) is 0 Å². The Morgan fingerprint density at radius 3 is 2.81 bits per heavy atom. The molecule has 0 aliphatic rings. The van der Waals surface area contributed by atoms with Crippen LogP contribution in [0.25, 0.3) is 21.8 Å². The summed E-state index contributed by atoms with van der Waals surface area (Å²) in [5.41, 5.74) is 3.12. The molecule has 1 aromatic heterocycles. The first-order valence-electron chi connectivity index (χ1n) is 6.71. The normalized spacial score (nSPS) is 10.6. The third-order valence-corrected chi connectivity index (χ3v) is 4.42. The molecule has 0 atom stereocenters. The molecule has 4 heteroatoms. The number of benzene rings is 2. The zero-order valence-corrected chi connectivity index (χ0v) is 13.9. The van der Waals surface area contributed by atoms with Crippen molar-refractivity contribution in [3.05, 3.63) is 58.4 Å². The summed E-state index contributed by atoms with van der Waals surface area (Å²) in [5, 5.41) is 3.09. The maximum Gasteiger partial charge on any atom is 0.128 e. The number of ether oxygens (including phenoxy) is 1. The smallest absolute Gasteiger partial charge is 0.128 e. The number of para-hydroxylation sites is 1. The molecule has 0 saturated heterocycles. The predicted octanol–water partition coefficient (Wildman–Crippen LogP) is 5.64. The fourth-order valence-electron chi connectivity index (χ4n) is 2.11. The monoisotopic (exact) mass is 359 g/mol. The van der Waals surface area contributed by atoms with E-state index in [1.165, 1.54) is 0 Å². The maximum atomic E-state index is 5.68. The highest BCUT2D eigenvalue weighted by atomic mass is 79.9. The summed E-state index contributed by atoms with van der Waals surface area (Å²) in [6.45, 7) is 2.64. The first kappa shape index (κ1) is 14.3. The van der Waals surface area contributed by atoms with Gasteiger partial charge in [-0.2, -0.15) is 0 Å². The fraction of sp³-hybridized carbons (Fsp3) is 0.118. The van der Waals surface area contributed by atoms with Crippen LogP contribution in [0, 0.1) is 0 Å². The molecule has 21 heavy (non-hydrogen) atoms. The fourth-order valence-corrected chi connectivity index (χ4v) is 3.33. The van der Waals surface area contributed by atoms with Crippen LogP contribution in [0.1, 0.15) is 6.92 Å². The lowest BCUT2D eigenvalue weighted by atomic mass is 10.1. The van der Waals surface area contributed by atoms with E-state index in [9.17, 15) is 0 Å². The van der Waals surface area contributed by atoms with Crippen LogP contribution in [-0.4, -0.2) is 11.6 Å². The van der Waals surface area contributed by atoms with Crippen LogP contribution in [0.5, 0.6) is 5.75 Å². The Kier molecular flexibility index (Phi) is 4.36. The third kappa shape index (κ3) is 3.17. The van der Waals surface area contributed by atoms with Crippen LogP contribution >= 0.6 is 27.3 Å². The largest absolute Gasteiger partial charge is 0.493 e. The molecule has 0 unspecified atom stereocenters. The van der Waals surface area contributed by atoms with Gasteiger partial charge in [-0.05, 0) is 31.2 Å². The standard InChI is InChI=1S/C17H14BrNOS/c1-2-20-16-9-4-3-8-14(16)15-11-21-17(19-15)12-6-5-7-13(18)10-12/h3-11H,2H2,1H3. The quantitative estimate of drug-likeness (QED) is 0.601. The van der Waals surface area contributed by atoms with Gasteiger partial charge in [0, 0.05) is 21.0 Å². The summed E-state index contributed by atoms with van der Waals surface area (Å²) in [5.74, 6) is 0.881. The van der Waals surface area contributed by atoms with Gasteiger partial charge in [-0.15, -0.1) is 11.3 Å². The number of hydrogen-bond donors (Lipinski definition) is 0. The molecule has 0 saturated carbocycles. The highest BCUT2D eigenvalue weighted by molar-refractivity contribution is 9.10. The molecule has 1 heterocycles. The Morgan fingerprint density at radius 1 is 1.14 bits per heavy atom. The van der Waals surface area contributed by atoms with Crippen molar-refractivity contribution in [1.29, 1.82) is 0 Å². The van der Waals surface area contributed by atoms with Crippen LogP contribution in [0.3, 0.4) is 0 Å². The number of halogens is 1. The molecule has 0 bridgehead atoms. The van der Waals surface area contributed by atoms with Crippen LogP contribution in [0.2, 0.25) is 0 Å². The van der Waals surface area contributed by atoms with Crippen molar-refractivity contribution in [1.82, 2.24) is 4.98 Å². The first-order valence-corrected chi connectivity index (χ1v) is 8.39. The molecule has 3 rings (SSSR count). The summed E-state index contributed by atoms with van der Waals surface area (Å²) in [6.07, 6.45) is 0. The van der Waals surface area contributed by atoms with Gasteiger partial charge in [0.1, 0.15) is 10.8 Å². The minimum atomic E-state index is 0.652. The Hall–Kier alpha value is -1.65. The molecule has 0 fully saturated rings. The molecule has 0 aliphatic heterocycles. The van der Waals surface area contributed by atoms with E-state index in [0.29, 0.717) is 6.61 Å². The van der Waals surface area contributed by atoms with Crippen molar-refractivity contribution in [2.24, 2.45) is 0 Å². The molecular formula is C17H14BrNOS. The summed E-state index contributed by atoms with van der Waals surface area (Å²) >= 11 is 5.15. The second kappa shape index (κ2) is 6.41. The van der Waals surface area contributed by atoms with Crippen molar-refractivity contribution >= 4 is 27.3 Å². The van der Waals surface area contributed by atoms with E-state index in [4.69, 9.17) is 9.72 Å². The average molecular weight is 360 g/mol. The van der Waals surface area contributed by atoms with E-state index in [1.807, 2.05) is 43.3 Å². The lowest BCUT2D eigenvalue weighted by molar-refractivity contribution is 0.341. The van der Waals surface area contributed by atoms with Crippen molar-refractivity contribution in [2.75, 3.05) is 6.61 Å². The number of rotatable bonds is 4. The molecule has 106 valence electrons. The minimum absolute atomic E-state index is 0.652. The molecular weight excluding hydrogens is 346 g/mol. The number of thiazole rings is 1. The predicted molar refractivity (Wildman–Crippen MR) is 91.9 cm³/mol. The zero-order valence-electron chi connectivity index (χ0n) is 11.5. The van der Waals surface area contributed by atoms with Gasteiger partial charge in [-0.25, -0.2) is 4.98 Å². The Bertz CT molecular complexity index is 754. The highest BCUT2D eigenvalue weighted by Gasteiger charge is 2.11. The Labute approximate surface area is 136 Å². The van der Waals surface area contributed by atoms with Gasteiger partial charge >= 0.3 is 0 Å². The van der Waals surface area contributed by atoms with Crippen molar-refractivity contribution < 1.29 is 4.74 Å². The van der Waals surface area contributed by atoms with E-state index in [0.717, 1.165) is 32.1 Å². The summed E-state index contributed by atoms with van der Waals surface area (Å²) in [4.78, 5) is 4.75. The molecule has 0 radical (unpaired) electrons. The second-order valence-electron chi connectivity index (χ2n) is 4.48. The molecule has 3 aromatic rings. The van der Waals surface area contributed by atoms with E-state index >= 15 is 0 Å². The number of aromatic nitrogens is 1. The zero-order chi connectivity index (χ0) is 14.7. The van der Waals surface area contributed by atoms with Crippen molar-refractivity contribution in [3.8, 4) is 27.6 Å². The Balaban J connectivity index is 1.99. The average Bonchev–Trinajstić information content (AvgIpc) is 2.98. The lowest BCUT2D eigenvalue weighted by Crippen LogP contribution is -1.93. The summed E-state index contributed by atoms with van der Waals surface area (Å²) < 4.78 is 6.74. The minimum Gasteiger partial charge on any atom is -0.493 e. The molecule has 2 aromatic carbocycles. The number of hydrogen-bond acceptors (Lipinski definition) is 3. The third-order valence-electron chi connectivity index (χ3n) is 3.04. The highest BCUT2D eigenvalue weighted by Crippen LogP contribution is 2.34. The van der Waals surface area contributed by atoms with Crippen LogP contribution in [0.15, 0.2) is 58.4 Å². The maximum absolute atomic E-state index is 5.68. The summed E-state index contributed by atoms with van der Waals surface area (Å²) in [7, 11) is 0. The molecule has 0 N–H and O–H groups in total. The van der Waals surface area contributed by atoms with Crippen LogP contribution < -0.4 is 4.74 Å². The number of nitrogens with zero attached hydrogens (tertiary/aromatic N) is 1. The topological polar surface area (TPSA) is 22.1 Å². The molecule has 0 spiro atoms. The van der Waals surface area contributed by atoms with Gasteiger partial charge in [-0.1, -0.05) is 40.2 Å². The van der Waals surface area contributed by atoms with Gasteiger partial charge in [0.15, 0.2) is 0 Å². The van der Waals surface area contributed by atoms with Gasteiger partial charge < -0.3 is 4.74 Å². The van der Waals surface area contributed by atoms with Crippen LogP contribution in [-0.2, 0) is 0 Å². The molecule has 0 amide bonds. The van der Waals surface area contributed by atoms with E-state index in [1.54, 1.807) is 11.3 Å². The van der Waals surface area contributed by atoms with Crippen molar-refractivity contribution in [3.63, 3.8) is 0 Å². The van der Waals surface area contributed by atoms with E-state index < -0.39 is 0 Å². The molecule has 0 aliphatic carbocycles. The van der Waals surface area contributed by atoms with Gasteiger partial charge in [0.2, 0.25) is 0 Å². The van der Waals surface area contributed by atoms with E-state index in [-0.39, 0.29) is 0 Å². The summed E-state index contributed by atoms with van der Waals surface area (Å²) in [6, 6.07) is 16.2. The first-order chi connectivity index (χ1) is 10.3. The Morgan fingerprint density at radius 2 is 2.00 bits per heavy atom. The van der Waals surface area contributed by atoms with Gasteiger partial charge in [0.05, 0.1) is 12.3 Å². The molecule has 2 nitrogen and oxygen atoms in total. The lowest BCUT2D eigenvalue weighted by Gasteiger charge is -2.07. The van der Waals surface area contributed by atoms with Crippen molar-refractivity contribution in [2.45, 2.75) is 6.92 Å². The van der Waals surface area contributed by atoms with E-state index in [2.05, 4.69) is 33.4 Å². The van der Waals surface area contributed by atoms with Gasteiger partial charge in [0.25, 0.3) is 0 Å². The van der Waals surface area contributed by atoms with Gasteiger partial charge in [-0.3, -0.25) is 0 Å². The SMILES string of the molecule is CCOc1ccccc1-c1csc(-c2cccc(Br)c2)n1. The second-order valence-corrected chi connectivity index (χ2v) is 6.25.